The molecule has 10 heteroatoms. The first-order valence-electron chi connectivity index (χ1n) is 11.8. The number of carboxylic acids is 1. The number of aliphatic carboxylic acids is 1. The Kier molecular flexibility index (Phi) is 11.8. The van der Waals surface area contributed by atoms with E-state index in [1.54, 1.807) is 17.4 Å². The van der Waals surface area contributed by atoms with Crippen molar-refractivity contribution in [2.75, 3.05) is 18.6 Å². The number of H-pyrrole nitrogens is 1. The van der Waals surface area contributed by atoms with Gasteiger partial charge in [0.1, 0.15) is 12.1 Å². The summed E-state index contributed by atoms with van der Waals surface area (Å²) < 4.78 is 0. The van der Waals surface area contributed by atoms with Crippen LogP contribution >= 0.6 is 11.8 Å². The maximum atomic E-state index is 12.9. The number of nitrogens with zero attached hydrogens (tertiary/aromatic N) is 2. The molecule has 192 valence electrons. The van der Waals surface area contributed by atoms with E-state index in [1.165, 1.54) is 11.8 Å². The van der Waals surface area contributed by atoms with Crippen molar-refractivity contribution in [3.8, 4) is 0 Å². The number of hydrogen-bond donors (Lipinski definition) is 4. The molecule has 0 aliphatic carbocycles. The summed E-state index contributed by atoms with van der Waals surface area (Å²) in [5.74, 6) is -0.688. The second-order valence-electron chi connectivity index (χ2n) is 8.90. The zero-order chi connectivity index (χ0) is 25.8. The zero-order valence-corrected chi connectivity index (χ0v) is 21.5. The monoisotopic (exact) mass is 503 g/mol. The van der Waals surface area contributed by atoms with Gasteiger partial charge in [0.2, 0.25) is 11.8 Å². The second-order valence-corrected chi connectivity index (χ2v) is 9.89. The van der Waals surface area contributed by atoms with Crippen molar-refractivity contribution in [1.29, 1.82) is 0 Å². The molecule has 0 saturated carbocycles. The summed E-state index contributed by atoms with van der Waals surface area (Å²) in [7, 11) is 0. The van der Waals surface area contributed by atoms with Gasteiger partial charge < -0.3 is 26.0 Å². The number of nitrogens with one attached hydrogen (secondary N) is 2. The first-order valence-corrected chi connectivity index (χ1v) is 13.2. The molecule has 2 heterocycles. The molecule has 2 aromatic rings. The molecule has 0 radical (unpaired) electrons. The third-order valence-corrected chi connectivity index (χ3v) is 6.29. The molecule has 3 rings (SSSR count). The van der Waals surface area contributed by atoms with Gasteiger partial charge in [-0.05, 0) is 42.0 Å². The molecule has 1 aliphatic rings. The third kappa shape index (κ3) is 9.03. The highest BCUT2D eigenvalue weighted by Gasteiger charge is 2.36. The van der Waals surface area contributed by atoms with Gasteiger partial charge in [-0.2, -0.15) is 11.8 Å². The van der Waals surface area contributed by atoms with Crippen LogP contribution in [0, 0.1) is 5.92 Å². The Morgan fingerprint density at radius 1 is 1.29 bits per heavy atom. The van der Waals surface area contributed by atoms with Gasteiger partial charge in [-0.15, -0.1) is 0 Å². The van der Waals surface area contributed by atoms with Crippen molar-refractivity contribution in [2.45, 2.75) is 58.2 Å². The van der Waals surface area contributed by atoms with Gasteiger partial charge in [0.05, 0.1) is 6.33 Å². The Morgan fingerprint density at radius 3 is 2.57 bits per heavy atom. The molecule has 1 aromatic heterocycles. The van der Waals surface area contributed by atoms with Gasteiger partial charge in [-0.3, -0.25) is 9.59 Å². The molecule has 0 fully saturated rings. The fraction of sp³-hybridized carbons (Fsp3) is 0.520. The summed E-state index contributed by atoms with van der Waals surface area (Å²) in [6.45, 7) is 4.99. The van der Waals surface area contributed by atoms with E-state index < -0.39 is 24.0 Å². The average molecular weight is 504 g/mol. The van der Waals surface area contributed by atoms with Crippen LogP contribution in [-0.4, -0.2) is 68.4 Å². The Bertz CT molecular complexity index is 951. The minimum atomic E-state index is -1.05. The summed E-state index contributed by atoms with van der Waals surface area (Å²) in [6, 6.07) is 6.15. The molecule has 1 aromatic carbocycles. The van der Waals surface area contributed by atoms with E-state index in [-0.39, 0.29) is 11.8 Å². The van der Waals surface area contributed by atoms with Crippen molar-refractivity contribution >= 4 is 29.5 Å². The number of carbonyl (C=O) groups is 3. The summed E-state index contributed by atoms with van der Waals surface area (Å²) in [4.78, 5) is 45.5. The Hall–Kier alpha value is -2.85. The number of imidazole rings is 1. The predicted octanol–water partition coefficient (Wildman–Crippen LogP) is 2.22. The van der Waals surface area contributed by atoms with E-state index in [2.05, 4.69) is 15.3 Å². The maximum Gasteiger partial charge on any atom is 0.326 e. The van der Waals surface area contributed by atoms with Crippen LogP contribution in [0.15, 0.2) is 36.8 Å². The van der Waals surface area contributed by atoms with E-state index in [0.29, 0.717) is 38.1 Å². The highest BCUT2D eigenvalue weighted by atomic mass is 32.2. The molecule has 2 amide bonds. The van der Waals surface area contributed by atoms with E-state index in [1.807, 2.05) is 44.4 Å². The van der Waals surface area contributed by atoms with Crippen molar-refractivity contribution in [1.82, 2.24) is 20.2 Å². The SMILES string of the molecule is CSCCC(NC(=O)[C@H]1Cc2ccccc2CN1C(=O)CC(C)C)C(=O)O.NCCc1cnc[nH]1. The van der Waals surface area contributed by atoms with Crippen LogP contribution in [-0.2, 0) is 33.8 Å². The lowest BCUT2D eigenvalue weighted by atomic mass is 9.92. The van der Waals surface area contributed by atoms with Gasteiger partial charge in [-0.25, -0.2) is 9.78 Å². The summed E-state index contributed by atoms with van der Waals surface area (Å²) >= 11 is 1.53. The van der Waals surface area contributed by atoms with Crippen molar-refractivity contribution in [3.05, 3.63) is 53.6 Å². The van der Waals surface area contributed by atoms with E-state index in [9.17, 15) is 19.5 Å². The van der Waals surface area contributed by atoms with Gasteiger partial charge in [0.25, 0.3) is 0 Å². The quantitative estimate of drug-likeness (QED) is 0.389. The first-order chi connectivity index (χ1) is 16.8. The van der Waals surface area contributed by atoms with Gasteiger partial charge >= 0.3 is 5.97 Å². The van der Waals surface area contributed by atoms with E-state index in [0.717, 1.165) is 23.2 Å². The Morgan fingerprint density at radius 2 is 2.00 bits per heavy atom. The maximum absolute atomic E-state index is 12.9. The number of benzene rings is 1. The lowest BCUT2D eigenvalue weighted by molar-refractivity contribution is -0.145. The molecule has 0 saturated heterocycles. The Balaban J connectivity index is 0.000000456. The number of fused-ring (bicyclic) bond motifs is 1. The number of aromatic nitrogens is 2. The van der Waals surface area contributed by atoms with Crippen LogP contribution in [0.5, 0.6) is 0 Å². The second kappa shape index (κ2) is 14.5. The lowest BCUT2D eigenvalue weighted by Gasteiger charge is -2.37. The highest BCUT2D eigenvalue weighted by Crippen LogP contribution is 2.25. The smallest absolute Gasteiger partial charge is 0.326 e. The summed E-state index contributed by atoms with van der Waals surface area (Å²) in [5.41, 5.74) is 8.44. The number of thioether (sulfide) groups is 1. The lowest BCUT2D eigenvalue weighted by Crippen LogP contribution is -2.55. The topological polar surface area (TPSA) is 141 Å². The highest BCUT2D eigenvalue weighted by molar-refractivity contribution is 7.98. The molecular formula is C25H37N5O4S. The molecule has 0 bridgehead atoms. The fourth-order valence-electron chi connectivity index (χ4n) is 3.82. The van der Waals surface area contributed by atoms with E-state index in [4.69, 9.17) is 5.73 Å². The molecule has 0 spiro atoms. The Labute approximate surface area is 211 Å². The average Bonchev–Trinajstić information content (AvgIpc) is 3.34. The summed E-state index contributed by atoms with van der Waals surface area (Å²) in [5, 5.41) is 12.0. The number of aromatic amines is 1. The third-order valence-electron chi connectivity index (χ3n) is 5.65. The largest absolute Gasteiger partial charge is 0.480 e. The first kappa shape index (κ1) is 28.4. The number of nitrogens with two attached hydrogens (primary N) is 1. The number of hydrogen-bond acceptors (Lipinski definition) is 6. The number of rotatable bonds is 10. The van der Waals surface area contributed by atoms with Gasteiger partial charge in [-0.1, -0.05) is 38.1 Å². The van der Waals surface area contributed by atoms with Crippen LogP contribution < -0.4 is 11.1 Å². The molecule has 2 atom stereocenters. The zero-order valence-electron chi connectivity index (χ0n) is 20.7. The normalized spacial score (nSPS) is 15.6. The van der Waals surface area contributed by atoms with E-state index >= 15 is 0 Å². The molecule has 35 heavy (non-hydrogen) atoms. The minimum absolute atomic E-state index is 0.0735. The molecule has 1 unspecified atom stereocenters. The predicted molar refractivity (Wildman–Crippen MR) is 138 cm³/mol. The summed E-state index contributed by atoms with van der Waals surface area (Å²) in [6.07, 6.45) is 7.34. The number of amides is 2. The fourth-order valence-corrected chi connectivity index (χ4v) is 4.30. The minimum Gasteiger partial charge on any atom is -0.480 e. The van der Waals surface area contributed by atoms with Gasteiger partial charge in [0.15, 0.2) is 0 Å². The van der Waals surface area contributed by atoms with Crippen LogP contribution in [0.3, 0.4) is 0 Å². The van der Waals surface area contributed by atoms with Crippen molar-refractivity contribution in [3.63, 3.8) is 0 Å². The van der Waals surface area contributed by atoms with Gasteiger partial charge in [0, 0.05) is 37.7 Å². The molecular weight excluding hydrogens is 466 g/mol. The molecule has 1 aliphatic heterocycles. The van der Waals surface area contributed by atoms with Crippen molar-refractivity contribution < 1.29 is 19.5 Å². The van der Waals surface area contributed by atoms with Crippen LogP contribution in [0.4, 0.5) is 0 Å². The molecule has 9 nitrogen and oxygen atoms in total. The number of carbonyl (C=O) groups excluding carboxylic acids is 2. The van der Waals surface area contributed by atoms with Crippen LogP contribution in [0.25, 0.3) is 0 Å². The molecule has 5 N–H and O–H groups in total. The van der Waals surface area contributed by atoms with Crippen LogP contribution in [0.2, 0.25) is 0 Å². The standard InChI is InChI=1S/C20H28N2O4S.C5H9N3/c1-13(2)10-18(23)22-12-15-7-5-4-6-14(15)11-17(22)19(24)21-16(20(25)26)8-9-27-3;6-2-1-5-3-7-4-8-5/h4-7,13,16-17H,8-12H2,1-3H3,(H,21,24)(H,25,26);3-4H,1-2,6H2,(H,7,8)/t16?,17-;/m1./s1. The van der Waals surface area contributed by atoms with Crippen molar-refractivity contribution in [2.24, 2.45) is 11.7 Å². The van der Waals surface area contributed by atoms with Crippen LogP contribution in [0.1, 0.15) is 43.5 Å². The number of carboxylic acid groups (broad SMARTS) is 1.